The van der Waals surface area contributed by atoms with Crippen molar-refractivity contribution in [3.8, 4) is 0 Å². The van der Waals surface area contributed by atoms with Crippen LogP contribution in [0.15, 0.2) is 6.33 Å². The number of nitrogens with one attached hydrogen (secondary N) is 1. The highest BCUT2D eigenvalue weighted by atomic mass is 16.4. The number of carbonyl (C=O) groups excluding carboxylic acids is 1. The predicted molar refractivity (Wildman–Crippen MR) is 52.1 cm³/mol. The Bertz CT molecular complexity index is 403. The van der Waals surface area contributed by atoms with Gasteiger partial charge in [-0.1, -0.05) is 0 Å². The molecule has 1 aliphatic rings. The molecular weight excluding hydrogens is 212 g/mol. The molecular formula is C9H12N4O3. The van der Waals surface area contributed by atoms with Crippen LogP contribution >= 0.6 is 0 Å². The van der Waals surface area contributed by atoms with Gasteiger partial charge in [-0.3, -0.25) is 14.7 Å². The van der Waals surface area contributed by atoms with E-state index in [-0.39, 0.29) is 11.8 Å². The molecule has 0 aromatic carbocycles. The van der Waals surface area contributed by atoms with Gasteiger partial charge in [-0.05, 0) is 6.42 Å². The first-order valence-electron chi connectivity index (χ1n) is 4.91. The molecule has 86 valence electrons. The van der Waals surface area contributed by atoms with Gasteiger partial charge >= 0.3 is 5.97 Å². The Kier molecular flexibility index (Phi) is 2.59. The molecule has 2 unspecified atom stereocenters. The molecule has 16 heavy (non-hydrogen) atoms. The monoisotopic (exact) mass is 224 g/mol. The maximum atomic E-state index is 11.7. The number of H-pyrrole nitrogens is 1. The van der Waals surface area contributed by atoms with Crippen LogP contribution in [0.5, 0.6) is 0 Å². The third kappa shape index (κ3) is 2.02. The summed E-state index contributed by atoms with van der Waals surface area (Å²) in [5.41, 5.74) is 0. The lowest BCUT2D eigenvalue weighted by molar-refractivity contribution is -0.141. The first-order valence-corrected chi connectivity index (χ1v) is 4.91. The van der Waals surface area contributed by atoms with E-state index in [1.165, 1.54) is 11.2 Å². The molecule has 2 N–H and O–H groups in total. The van der Waals surface area contributed by atoms with Crippen LogP contribution in [-0.4, -0.2) is 44.1 Å². The van der Waals surface area contributed by atoms with Crippen molar-refractivity contribution in [2.75, 3.05) is 7.05 Å². The Balaban J connectivity index is 1.89. The number of carboxylic acid groups (broad SMARTS) is 1. The maximum Gasteiger partial charge on any atom is 0.307 e. The summed E-state index contributed by atoms with van der Waals surface area (Å²) in [6.07, 6.45) is 1.81. The molecule has 1 aromatic rings. The van der Waals surface area contributed by atoms with Crippen molar-refractivity contribution in [1.29, 1.82) is 0 Å². The highest BCUT2D eigenvalue weighted by molar-refractivity contribution is 5.89. The Labute approximate surface area is 91.5 Å². The third-order valence-corrected chi connectivity index (χ3v) is 2.65. The number of amides is 1. The van der Waals surface area contributed by atoms with E-state index in [0.717, 1.165) is 0 Å². The minimum Gasteiger partial charge on any atom is -0.481 e. The van der Waals surface area contributed by atoms with Crippen LogP contribution in [0.3, 0.4) is 0 Å². The number of aromatic nitrogens is 3. The van der Waals surface area contributed by atoms with Gasteiger partial charge in [0.2, 0.25) is 5.91 Å². The highest BCUT2D eigenvalue weighted by Crippen LogP contribution is 2.39. The SMILES string of the molecule is CN(Cc1ncn[nH]1)C(=O)C1CC1C(=O)O. The number of carbonyl (C=O) groups is 2. The smallest absolute Gasteiger partial charge is 0.307 e. The summed E-state index contributed by atoms with van der Waals surface area (Å²) in [6, 6.07) is 0. The fourth-order valence-corrected chi connectivity index (χ4v) is 1.63. The average Bonchev–Trinajstić information content (AvgIpc) is 2.89. The van der Waals surface area contributed by atoms with Gasteiger partial charge in [0.05, 0.1) is 18.4 Å². The molecule has 1 heterocycles. The highest BCUT2D eigenvalue weighted by Gasteiger charge is 2.49. The minimum absolute atomic E-state index is 0.149. The van der Waals surface area contributed by atoms with Crippen molar-refractivity contribution < 1.29 is 14.7 Å². The summed E-state index contributed by atoms with van der Waals surface area (Å²) < 4.78 is 0. The number of aliphatic carboxylic acids is 1. The fraction of sp³-hybridized carbons (Fsp3) is 0.556. The maximum absolute atomic E-state index is 11.7. The quantitative estimate of drug-likeness (QED) is 0.717. The van der Waals surface area contributed by atoms with Crippen LogP contribution < -0.4 is 0 Å². The van der Waals surface area contributed by atoms with E-state index < -0.39 is 11.9 Å². The molecule has 1 aliphatic carbocycles. The van der Waals surface area contributed by atoms with Crippen LogP contribution in [0.4, 0.5) is 0 Å². The van der Waals surface area contributed by atoms with Crippen LogP contribution in [-0.2, 0) is 16.1 Å². The Morgan fingerprint density at radius 1 is 1.62 bits per heavy atom. The average molecular weight is 224 g/mol. The summed E-state index contributed by atoms with van der Waals surface area (Å²) >= 11 is 0. The Morgan fingerprint density at radius 2 is 2.38 bits per heavy atom. The normalized spacial score (nSPS) is 22.8. The number of hydrogen-bond acceptors (Lipinski definition) is 4. The fourth-order valence-electron chi connectivity index (χ4n) is 1.63. The van der Waals surface area contributed by atoms with Gasteiger partial charge in [0.1, 0.15) is 12.2 Å². The lowest BCUT2D eigenvalue weighted by atomic mass is 10.3. The molecule has 2 atom stereocenters. The van der Waals surface area contributed by atoms with Crippen molar-refractivity contribution in [3.05, 3.63) is 12.2 Å². The zero-order valence-corrected chi connectivity index (χ0v) is 8.75. The summed E-state index contributed by atoms with van der Waals surface area (Å²) in [5, 5.41) is 15.0. The Morgan fingerprint density at radius 3 is 2.88 bits per heavy atom. The van der Waals surface area contributed by atoms with E-state index in [0.29, 0.717) is 18.8 Å². The van der Waals surface area contributed by atoms with Crippen LogP contribution in [0, 0.1) is 11.8 Å². The molecule has 7 heteroatoms. The predicted octanol–water partition coefficient (Wildman–Crippen LogP) is -0.516. The van der Waals surface area contributed by atoms with E-state index in [1.54, 1.807) is 7.05 Å². The number of carboxylic acids is 1. The van der Waals surface area contributed by atoms with Gasteiger partial charge in [0.15, 0.2) is 0 Å². The lowest BCUT2D eigenvalue weighted by Gasteiger charge is -2.14. The topological polar surface area (TPSA) is 99.2 Å². The molecule has 1 saturated carbocycles. The molecule has 1 amide bonds. The zero-order chi connectivity index (χ0) is 11.7. The van der Waals surface area contributed by atoms with E-state index >= 15 is 0 Å². The minimum atomic E-state index is -0.897. The molecule has 1 aromatic heterocycles. The standard InChI is InChI=1S/C9H12N4O3/c1-13(3-7-10-4-11-12-7)8(14)5-2-6(5)9(15)16/h4-6H,2-3H2,1H3,(H,15,16)(H,10,11,12). The van der Waals surface area contributed by atoms with E-state index in [2.05, 4.69) is 15.2 Å². The molecule has 2 rings (SSSR count). The van der Waals surface area contributed by atoms with E-state index in [4.69, 9.17) is 5.11 Å². The lowest BCUT2D eigenvalue weighted by Crippen LogP contribution is -2.29. The summed E-state index contributed by atoms with van der Waals surface area (Å²) in [7, 11) is 1.63. The van der Waals surface area contributed by atoms with Crippen molar-refractivity contribution in [2.45, 2.75) is 13.0 Å². The Hall–Kier alpha value is -1.92. The van der Waals surface area contributed by atoms with Gasteiger partial charge in [-0.15, -0.1) is 0 Å². The summed E-state index contributed by atoms with van der Waals surface area (Å²) in [6.45, 7) is 0.321. The number of hydrogen-bond donors (Lipinski definition) is 2. The molecule has 0 aliphatic heterocycles. The molecule has 1 fully saturated rings. The second-order valence-electron chi connectivity index (χ2n) is 3.91. The van der Waals surface area contributed by atoms with Gasteiger partial charge in [-0.2, -0.15) is 5.10 Å². The zero-order valence-electron chi connectivity index (χ0n) is 8.75. The number of nitrogens with zero attached hydrogens (tertiary/aromatic N) is 3. The van der Waals surface area contributed by atoms with Crippen LogP contribution in [0.1, 0.15) is 12.2 Å². The van der Waals surface area contributed by atoms with Crippen molar-refractivity contribution in [1.82, 2.24) is 20.1 Å². The van der Waals surface area contributed by atoms with E-state index in [9.17, 15) is 9.59 Å². The first-order chi connectivity index (χ1) is 7.59. The van der Waals surface area contributed by atoms with Crippen molar-refractivity contribution in [2.24, 2.45) is 11.8 Å². The second kappa shape index (κ2) is 3.92. The van der Waals surface area contributed by atoms with Crippen molar-refractivity contribution in [3.63, 3.8) is 0 Å². The molecule has 7 nitrogen and oxygen atoms in total. The van der Waals surface area contributed by atoms with Crippen molar-refractivity contribution >= 4 is 11.9 Å². The van der Waals surface area contributed by atoms with Crippen LogP contribution in [0.25, 0.3) is 0 Å². The second-order valence-corrected chi connectivity index (χ2v) is 3.91. The largest absolute Gasteiger partial charge is 0.481 e. The first kappa shape index (κ1) is 10.6. The van der Waals surface area contributed by atoms with Gasteiger partial charge in [0, 0.05) is 7.05 Å². The molecule has 0 bridgehead atoms. The number of aromatic amines is 1. The van der Waals surface area contributed by atoms with Crippen LogP contribution in [0.2, 0.25) is 0 Å². The van der Waals surface area contributed by atoms with Gasteiger partial charge < -0.3 is 10.0 Å². The van der Waals surface area contributed by atoms with Gasteiger partial charge in [0.25, 0.3) is 0 Å². The molecule has 0 saturated heterocycles. The van der Waals surface area contributed by atoms with Gasteiger partial charge in [-0.25, -0.2) is 4.98 Å². The summed E-state index contributed by atoms with van der Waals surface area (Å²) in [4.78, 5) is 27.7. The molecule has 0 radical (unpaired) electrons. The third-order valence-electron chi connectivity index (χ3n) is 2.65. The number of rotatable bonds is 4. The summed E-state index contributed by atoms with van der Waals surface area (Å²) in [5.74, 6) is -1.34. The van der Waals surface area contributed by atoms with E-state index in [1.807, 2.05) is 0 Å². The molecule has 0 spiro atoms.